The van der Waals surface area contributed by atoms with Gasteiger partial charge in [0.05, 0.1) is 35.0 Å². The van der Waals surface area contributed by atoms with Crippen LogP contribution in [0.15, 0.2) is 30.5 Å². The van der Waals surface area contributed by atoms with Crippen LogP contribution < -0.4 is 10.6 Å². The van der Waals surface area contributed by atoms with Gasteiger partial charge in [0, 0.05) is 13.2 Å². The minimum Gasteiger partial charge on any atom is -0.330 e. The van der Waals surface area contributed by atoms with E-state index in [1.165, 1.54) is 11.1 Å². The average molecular weight is 369 g/mol. The van der Waals surface area contributed by atoms with E-state index in [-0.39, 0.29) is 0 Å². The fraction of sp³-hybridized carbons (Fsp3) is 0.316. The van der Waals surface area contributed by atoms with Gasteiger partial charge in [0.2, 0.25) is 0 Å². The summed E-state index contributed by atoms with van der Waals surface area (Å²) >= 11 is 5.47. The Bertz CT molecular complexity index is 953. The zero-order valence-electron chi connectivity index (χ0n) is 15.8. The molecule has 0 fully saturated rings. The number of nitrogens with zero attached hydrogens (tertiary/aromatic N) is 4. The van der Waals surface area contributed by atoms with Gasteiger partial charge >= 0.3 is 0 Å². The van der Waals surface area contributed by atoms with Crippen LogP contribution in [0.4, 0.5) is 11.4 Å². The van der Waals surface area contributed by atoms with E-state index >= 15 is 0 Å². The standard InChI is InChI=1S/C19H24N6S/c1-12-8-6-7-9-16(12)10-25-15(4)18(14(3)23-25)21-19(26)20-17-11-24(5)22-13(17)2/h6-9,11H,10H2,1-5H3,(H2,20,21,26). The van der Waals surface area contributed by atoms with Gasteiger partial charge in [-0.3, -0.25) is 9.36 Å². The maximum Gasteiger partial charge on any atom is 0.175 e. The summed E-state index contributed by atoms with van der Waals surface area (Å²) < 4.78 is 3.77. The maximum absolute atomic E-state index is 5.47. The van der Waals surface area contributed by atoms with Crippen LogP contribution in [-0.4, -0.2) is 24.7 Å². The lowest BCUT2D eigenvalue weighted by molar-refractivity contribution is 0.657. The van der Waals surface area contributed by atoms with Crippen LogP contribution in [0.2, 0.25) is 0 Å². The van der Waals surface area contributed by atoms with Gasteiger partial charge in [-0.15, -0.1) is 0 Å². The third-order valence-electron chi connectivity index (χ3n) is 4.46. The Balaban J connectivity index is 1.76. The van der Waals surface area contributed by atoms with Crippen molar-refractivity contribution < 1.29 is 0 Å². The Morgan fingerprint density at radius 1 is 1.04 bits per heavy atom. The molecule has 0 saturated heterocycles. The molecule has 0 saturated carbocycles. The van der Waals surface area contributed by atoms with E-state index in [0.717, 1.165) is 35.0 Å². The topological polar surface area (TPSA) is 59.7 Å². The van der Waals surface area contributed by atoms with Gasteiger partial charge in [-0.25, -0.2) is 0 Å². The lowest BCUT2D eigenvalue weighted by atomic mass is 10.1. The summed E-state index contributed by atoms with van der Waals surface area (Å²) in [5.74, 6) is 0. The maximum atomic E-state index is 5.47. The van der Waals surface area contributed by atoms with E-state index in [4.69, 9.17) is 12.2 Å². The molecule has 0 spiro atoms. The molecule has 0 amide bonds. The second kappa shape index (κ2) is 7.29. The summed E-state index contributed by atoms with van der Waals surface area (Å²) in [5.41, 5.74) is 7.24. The number of nitrogens with one attached hydrogen (secondary N) is 2. The Morgan fingerprint density at radius 3 is 2.42 bits per heavy atom. The molecule has 6 nitrogen and oxygen atoms in total. The molecule has 0 unspecified atom stereocenters. The second-order valence-electron chi connectivity index (χ2n) is 6.51. The Morgan fingerprint density at radius 2 is 1.77 bits per heavy atom. The molecule has 1 aromatic carbocycles. The van der Waals surface area contributed by atoms with Crippen LogP contribution >= 0.6 is 12.2 Å². The highest BCUT2D eigenvalue weighted by Crippen LogP contribution is 2.22. The first-order valence-corrected chi connectivity index (χ1v) is 8.92. The van der Waals surface area contributed by atoms with Gasteiger partial charge in [0.1, 0.15) is 0 Å². The molecule has 0 aliphatic heterocycles. The van der Waals surface area contributed by atoms with Crippen LogP contribution in [-0.2, 0) is 13.6 Å². The Kier molecular flexibility index (Phi) is 5.08. The first-order chi connectivity index (χ1) is 12.3. The minimum absolute atomic E-state index is 0.530. The molecule has 0 radical (unpaired) electrons. The largest absolute Gasteiger partial charge is 0.330 e. The monoisotopic (exact) mass is 368 g/mol. The van der Waals surface area contributed by atoms with Crippen LogP contribution in [0.5, 0.6) is 0 Å². The van der Waals surface area contributed by atoms with E-state index in [0.29, 0.717) is 5.11 Å². The molecule has 26 heavy (non-hydrogen) atoms. The minimum atomic E-state index is 0.530. The van der Waals surface area contributed by atoms with Crippen LogP contribution in [0.1, 0.15) is 28.2 Å². The number of aryl methyl sites for hydroxylation is 4. The Hall–Kier alpha value is -2.67. The highest BCUT2D eigenvalue weighted by atomic mass is 32.1. The molecule has 0 aliphatic carbocycles. The zero-order valence-corrected chi connectivity index (χ0v) is 16.6. The number of aromatic nitrogens is 4. The third kappa shape index (κ3) is 3.77. The smallest absolute Gasteiger partial charge is 0.175 e. The van der Waals surface area contributed by atoms with Gasteiger partial charge in [-0.1, -0.05) is 24.3 Å². The molecule has 0 atom stereocenters. The van der Waals surface area contributed by atoms with E-state index in [1.807, 2.05) is 31.8 Å². The van der Waals surface area contributed by atoms with Crippen molar-refractivity contribution in [1.82, 2.24) is 19.6 Å². The highest BCUT2D eigenvalue weighted by molar-refractivity contribution is 7.80. The number of hydrogen-bond donors (Lipinski definition) is 2. The average Bonchev–Trinajstić information content (AvgIpc) is 3.02. The second-order valence-corrected chi connectivity index (χ2v) is 6.92. The van der Waals surface area contributed by atoms with Gasteiger partial charge in [0.15, 0.2) is 5.11 Å². The van der Waals surface area contributed by atoms with Gasteiger partial charge < -0.3 is 10.6 Å². The summed E-state index contributed by atoms with van der Waals surface area (Å²) in [7, 11) is 1.89. The van der Waals surface area contributed by atoms with Crippen molar-refractivity contribution in [3.05, 3.63) is 58.7 Å². The lowest BCUT2D eigenvalue weighted by Gasteiger charge is -2.11. The molecular weight excluding hydrogens is 344 g/mol. The highest BCUT2D eigenvalue weighted by Gasteiger charge is 2.14. The zero-order chi connectivity index (χ0) is 18.8. The summed E-state index contributed by atoms with van der Waals surface area (Å²) in [5, 5.41) is 16.0. The van der Waals surface area contributed by atoms with Crippen molar-refractivity contribution in [1.29, 1.82) is 0 Å². The van der Waals surface area contributed by atoms with Crippen molar-refractivity contribution in [2.45, 2.75) is 34.2 Å². The third-order valence-corrected chi connectivity index (χ3v) is 4.67. The molecular formula is C19H24N6S. The normalized spacial score (nSPS) is 10.8. The molecule has 0 aliphatic rings. The fourth-order valence-corrected chi connectivity index (χ4v) is 3.18. The van der Waals surface area contributed by atoms with E-state index in [2.05, 4.69) is 58.9 Å². The molecule has 136 valence electrons. The lowest BCUT2D eigenvalue weighted by Crippen LogP contribution is -2.20. The van der Waals surface area contributed by atoms with Crippen LogP contribution in [0.25, 0.3) is 0 Å². The van der Waals surface area contributed by atoms with E-state index in [9.17, 15) is 0 Å². The summed E-state index contributed by atoms with van der Waals surface area (Å²) in [6.07, 6.45) is 1.91. The van der Waals surface area contributed by atoms with Crippen molar-refractivity contribution in [3.63, 3.8) is 0 Å². The summed E-state index contributed by atoms with van der Waals surface area (Å²) in [6.45, 7) is 8.85. The first kappa shape index (κ1) is 18.1. The fourth-order valence-electron chi connectivity index (χ4n) is 2.97. The predicted molar refractivity (Wildman–Crippen MR) is 110 cm³/mol. The van der Waals surface area contributed by atoms with Gasteiger partial charge in [-0.2, -0.15) is 10.2 Å². The van der Waals surface area contributed by atoms with Crippen molar-refractivity contribution in [2.75, 3.05) is 10.6 Å². The number of rotatable bonds is 4. The molecule has 7 heteroatoms. The van der Waals surface area contributed by atoms with Crippen molar-refractivity contribution in [3.8, 4) is 0 Å². The number of thiocarbonyl (C=S) groups is 1. The molecule has 0 bridgehead atoms. The SMILES string of the molecule is Cc1ccccc1Cn1nc(C)c(NC(=S)Nc2cn(C)nc2C)c1C. The molecule has 2 aromatic heterocycles. The van der Waals surface area contributed by atoms with Gasteiger partial charge in [-0.05, 0) is 51.0 Å². The summed E-state index contributed by atoms with van der Waals surface area (Å²) in [4.78, 5) is 0. The Labute approximate surface area is 159 Å². The summed E-state index contributed by atoms with van der Waals surface area (Å²) in [6, 6.07) is 8.37. The molecule has 2 heterocycles. The molecule has 2 N–H and O–H groups in total. The van der Waals surface area contributed by atoms with Gasteiger partial charge in [0.25, 0.3) is 0 Å². The quantitative estimate of drug-likeness (QED) is 0.688. The molecule has 3 rings (SSSR count). The van der Waals surface area contributed by atoms with E-state index in [1.54, 1.807) is 4.68 Å². The number of anilines is 2. The van der Waals surface area contributed by atoms with Crippen LogP contribution in [0, 0.1) is 27.7 Å². The van der Waals surface area contributed by atoms with Crippen molar-refractivity contribution in [2.24, 2.45) is 7.05 Å². The number of hydrogen-bond acceptors (Lipinski definition) is 3. The van der Waals surface area contributed by atoms with Crippen molar-refractivity contribution >= 4 is 28.7 Å². The van der Waals surface area contributed by atoms with Crippen LogP contribution in [0.3, 0.4) is 0 Å². The predicted octanol–water partition coefficient (Wildman–Crippen LogP) is 3.71. The number of benzene rings is 1. The first-order valence-electron chi connectivity index (χ1n) is 8.52. The van der Waals surface area contributed by atoms with E-state index < -0.39 is 0 Å². The molecule has 3 aromatic rings.